The molecule has 0 bridgehead atoms. The number of carboxylic acids is 1. The first-order chi connectivity index (χ1) is 18.0. The predicted molar refractivity (Wildman–Crippen MR) is 140 cm³/mol. The molecule has 0 aliphatic heterocycles. The van der Waals surface area contributed by atoms with E-state index in [1.165, 1.54) is 12.1 Å². The fourth-order valence-corrected chi connectivity index (χ4v) is 3.74. The minimum Gasteiger partial charge on any atom is -0.508 e. The number of nitrogens with one attached hydrogen (secondary N) is 3. The van der Waals surface area contributed by atoms with Gasteiger partial charge in [-0.05, 0) is 35.6 Å². The fraction of sp³-hybridized carbons (Fsp3) is 0.407. The number of amides is 3. The van der Waals surface area contributed by atoms with E-state index in [-0.39, 0.29) is 30.9 Å². The number of carbonyl (C=O) groups excluding carboxylic acids is 3. The average molecular weight is 529 g/mol. The topological polar surface area (TPSA) is 191 Å². The van der Waals surface area contributed by atoms with Crippen LogP contribution in [0.2, 0.25) is 0 Å². The third kappa shape index (κ3) is 9.83. The van der Waals surface area contributed by atoms with Crippen LogP contribution in [0, 0.1) is 5.92 Å². The lowest BCUT2D eigenvalue weighted by Crippen LogP contribution is -2.58. The molecule has 11 nitrogen and oxygen atoms in total. The highest BCUT2D eigenvalue weighted by atomic mass is 16.4. The number of hydrogen-bond acceptors (Lipinski definition) is 7. The zero-order valence-electron chi connectivity index (χ0n) is 21.5. The van der Waals surface area contributed by atoms with E-state index in [2.05, 4.69) is 16.0 Å². The van der Waals surface area contributed by atoms with Crippen molar-refractivity contribution in [2.45, 2.75) is 57.3 Å². The van der Waals surface area contributed by atoms with Crippen molar-refractivity contribution < 1.29 is 34.5 Å². The molecule has 3 amide bonds. The molecule has 4 atom stereocenters. The lowest BCUT2D eigenvalue weighted by molar-refractivity contribution is -0.142. The molecule has 4 unspecified atom stereocenters. The van der Waals surface area contributed by atoms with Crippen molar-refractivity contribution in [2.75, 3.05) is 6.61 Å². The van der Waals surface area contributed by atoms with Gasteiger partial charge in [0.25, 0.3) is 0 Å². The Balaban J connectivity index is 2.31. The molecule has 0 heterocycles. The Labute approximate surface area is 221 Å². The van der Waals surface area contributed by atoms with Gasteiger partial charge in [-0.2, -0.15) is 0 Å². The van der Waals surface area contributed by atoms with E-state index in [1.807, 2.05) is 13.8 Å². The molecule has 2 aromatic rings. The summed E-state index contributed by atoms with van der Waals surface area (Å²) in [5.74, 6) is -3.34. The predicted octanol–water partition coefficient (Wildman–Crippen LogP) is 0.0821. The van der Waals surface area contributed by atoms with Gasteiger partial charge in [0.1, 0.15) is 29.9 Å². The Bertz CT molecular complexity index is 1080. The van der Waals surface area contributed by atoms with Gasteiger partial charge >= 0.3 is 5.97 Å². The number of carbonyl (C=O) groups is 4. The quantitative estimate of drug-likeness (QED) is 0.179. The van der Waals surface area contributed by atoms with Gasteiger partial charge in [-0.1, -0.05) is 56.3 Å². The van der Waals surface area contributed by atoms with E-state index in [0.29, 0.717) is 5.56 Å². The molecule has 38 heavy (non-hydrogen) atoms. The molecule has 206 valence electrons. The van der Waals surface area contributed by atoms with Gasteiger partial charge < -0.3 is 37.0 Å². The molecule has 0 aromatic heterocycles. The molecule has 0 saturated carbocycles. The molecule has 0 fully saturated rings. The summed E-state index contributed by atoms with van der Waals surface area (Å²) in [6.45, 7) is 3.03. The van der Waals surface area contributed by atoms with Crippen molar-refractivity contribution in [3.8, 4) is 5.75 Å². The number of rotatable bonds is 14. The summed E-state index contributed by atoms with van der Waals surface area (Å²) in [5, 5.41) is 36.1. The summed E-state index contributed by atoms with van der Waals surface area (Å²) in [7, 11) is 0. The molecular formula is C27H36N4O7. The standard InChI is InChI=1S/C27H36N4O7/c1-16(2)12-23(27(37)38)31-26(36)22(14-18-8-10-19(33)11-9-18)30-25(35)21(29-24(34)20(28)15-32)13-17-6-4-3-5-7-17/h3-11,16,20-23,32-33H,12-15,28H2,1-2H3,(H,29,34)(H,30,35)(H,31,36)(H,37,38). The van der Waals surface area contributed by atoms with Gasteiger partial charge in [-0.15, -0.1) is 0 Å². The zero-order chi connectivity index (χ0) is 28.2. The molecule has 0 aliphatic rings. The number of phenols is 1. The first-order valence-electron chi connectivity index (χ1n) is 12.3. The highest BCUT2D eigenvalue weighted by Gasteiger charge is 2.31. The van der Waals surface area contributed by atoms with Crippen LogP contribution in [0.1, 0.15) is 31.4 Å². The molecule has 2 aromatic carbocycles. The van der Waals surface area contributed by atoms with Gasteiger partial charge in [0.05, 0.1) is 6.61 Å². The van der Waals surface area contributed by atoms with Crippen LogP contribution in [0.3, 0.4) is 0 Å². The fourth-order valence-electron chi connectivity index (χ4n) is 3.74. The van der Waals surface area contributed by atoms with Crippen LogP contribution in [0.4, 0.5) is 0 Å². The first-order valence-corrected chi connectivity index (χ1v) is 12.3. The van der Waals surface area contributed by atoms with E-state index in [4.69, 9.17) is 5.73 Å². The normalized spacial score (nSPS) is 14.1. The lowest BCUT2D eigenvalue weighted by atomic mass is 10.0. The Morgan fingerprint density at radius 2 is 1.24 bits per heavy atom. The van der Waals surface area contributed by atoms with E-state index >= 15 is 0 Å². The van der Waals surface area contributed by atoms with Crippen molar-refractivity contribution in [1.82, 2.24) is 16.0 Å². The number of aliphatic carboxylic acids is 1. The Hall–Kier alpha value is -3.96. The van der Waals surface area contributed by atoms with Crippen LogP contribution in [0.15, 0.2) is 54.6 Å². The van der Waals surface area contributed by atoms with Crippen LogP contribution < -0.4 is 21.7 Å². The van der Waals surface area contributed by atoms with Crippen molar-refractivity contribution in [1.29, 1.82) is 0 Å². The molecule has 11 heteroatoms. The average Bonchev–Trinajstić information content (AvgIpc) is 2.88. The van der Waals surface area contributed by atoms with Crippen LogP contribution in [0.25, 0.3) is 0 Å². The van der Waals surface area contributed by atoms with E-state index in [0.717, 1.165) is 5.56 Å². The lowest BCUT2D eigenvalue weighted by Gasteiger charge is -2.25. The molecule has 0 saturated heterocycles. The minimum absolute atomic E-state index is 0.00592. The van der Waals surface area contributed by atoms with Crippen LogP contribution in [-0.4, -0.2) is 69.8 Å². The van der Waals surface area contributed by atoms with Crippen LogP contribution in [0.5, 0.6) is 5.75 Å². The molecule has 0 aliphatic carbocycles. The number of carboxylic acid groups (broad SMARTS) is 1. The van der Waals surface area contributed by atoms with Gasteiger partial charge in [0.15, 0.2) is 0 Å². The van der Waals surface area contributed by atoms with Gasteiger partial charge in [-0.3, -0.25) is 14.4 Å². The maximum absolute atomic E-state index is 13.4. The maximum atomic E-state index is 13.4. The Kier molecular flexibility index (Phi) is 11.7. The van der Waals surface area contributed by atoms with E-state index in [9.17, 15) is 34.5 Å². The van der Waals surface area contributed by atoms with E-state index < -0.39 is 54.5 Å². The SMILES string of the molecule is CC(C)CC(NC(=O)C(Cc1ccc(O)cc1)NC(=O)C(Cc1ccccc1)NC(=O)C(N)CO)C(=O)O. The molecular weight excluding hydrogens is 492 g/mol. The second-order valence-electron chi connectivity index (χ2n) is 9.50. The highest BCUT2D eigenvalue weighted by Crippen LogP contribution is 2.13. The third-order valence-corrected chi connectivity index (χ3v) is 5.78. The summed E-state index contributed by atoms with van der Waals surface area (Å²) in [4.78, 5) is 50.7. The third-order valence-electron chi connectivity index (χ3n) is 5.78. The summed E-state index contributed by atoms with van der Waals surface area (Å²) in [5.41, 5.74) is 6.94. The Morgan fingerprint density at radius 3 is 1.71 bits per heavy atom. The minimum atomic E-state index is -1.25. The van der Waals surface area contributed by atoms with Gasteiger partial charge in [0.2, 0.25) is 17.7 Å². The van der Waals surface area contributed by atoms with Crippen molar-refractivity contribution in [2.24, 2.45) is 11.7 Å². The van der Waals surface area contributed by atoms with Crippen molar-refractivity contribution in [3.63, 3.8) is 0 Å². The molecule has 0 radical (unpaired) electrons. The van der Waals surface area contributed by atoms with Gasteiger partial charge in [0, 0.05) is 12.8 Å². The summed E-state index contributed by atoms with van der Waals surface area (Å²) < 4.78 is 0. The van der Waals surface area contributed by atoms with Crippen molar-refractivity contribution in [3.05, 3.63) is 65.7 Å². The number of aliphatic hydroxyl groups is 1. The first kappa shape index (κ1) is 30.3. The maximum Gasteiger partial charge on any atom is 0.326 e. The number of aliphatic hydroxyl groups excluding tert-OH is 1. The van der Waals surface area contributed by atoms with E-state index in [1.54, 1.807) is 42.5 Å². The smallest absolute Gasteiger partial charge is 0.326 e. The number of aromatic hydroxyl groups is 1. The van der Waals surface area contributed by atoms with Gasteiger partial charge in [-0.25, -0.2) is 4.79 Å². The number of nitrogens with two attached hydrogens (primary N) is 1. The summed E-state index contributed by atoms with van der Waals surface area (Å²) >= 11 is 0. The largest absolute Gasteiger partial charge is 0.508 e. The number of hydrogen-bond donors (Lipinski definition) is 7. The summed E-state index contributed by atoms with van der Waals surface area (Å²) in [6, 6.07) is 10.2. The van der Waals surface area contributed by atoms with Crippen LogP contribution in [-0.2, 0) is 32.0 Å². The number of benzene rings is 2. The monoisotopic (exact) mass is 528 g/mol. The zero-order valence-corrected chi connectivity index (χ0v) is 21.5. The molecule has 8 N–H and O–H groups in total. The molecule has 0 spiro atoms. The highest BCUT2D eigenvalue weighted by molar-refractivity contribution is 5.94. The second kappa shape index (κ2) is 14.7. The number of phenolic OH excluding ortho intramolecular Hbond substituents is 1. The molecule has 2 rings (SSSR count). The van der Waals surface area contributed by atoms with Crippen molar-refractivity contribution >= 4 is 23.7 Å². The second-order valence-corrected chi connectivity index (χ2v) is 9.50. The Morgan fingerprint density at radius 1 is 0.763 bits per heavy atom. The summed E-state index contributed by atoms with van der Waals surface area (Å²) in [6.07, 6.45) is 0.260. The van der Waals surface area contributed by atoms with Crippen LogP contribution >= 0.6 is 0 Å².